The van der Waals surface area contributed by atoms with E-state index in [1.807, 2.05) is 0 Å². The Morgan fingerprint density at radius 1 is 1.00 bits per heavy atom. The molecule has 0 amide bonds. The van der Waals surface area contributed by atoms with Gasteiger partial charge in [0, 0.05) is 0 Å². The Morgan fingerprint density at radius 2 is 1.47 bits per heavy atom. The van der Waals surface area contributed by atoms with Crippen LogP contribution in [0.3, 0.4) is 0 Å². The molecule has 0 saturated carbocycles. The molecule has 1 aliphatic rings. The van der Waals surface area contributed by atoms with Crippen molar-refractivity contribution >= 4 is 12.4 Å². The minimum absolute atomic E-state index is 0. The van der Waals surface area contributed by atoms with Crippen LogP contribution < -0.4 is 0 Å². The summed E-state index contributed by atoms with van der Waals surface area (Å²) in [5.41, 5.74) is 0. The Bertz CT molecular complexity index is 246. The molecule has 0 aliphatic heterocycles. The summed E-state index contributed by atoms with van der Waals surface area (Å²) in [4.78, 5) is 0. The molecule has 4 heteroatoms. The zero-order valence-corrected chi connectivity index (χ0v) is 13.7. The Kier molecular flexibility index (Phi) is 9.39. The molecule has 0 aromatic carbocycles. The predicted octanol–water partition coefficient (Wildman–Crippen LogP) is 3.38. The fraction of sp³-hybridized carbons (Fsp3) is 0.692. The molecular weight excluding hydrogens is 271 g/mol. The van der Waals surface area contributed by atoms with Gasteiger partial charge in [-0.25, -0.2) is 0 Å². The largest absolute Gasteiger partial charge is 0.147 e. The first kappa shape index (κ1) is 17.3. The third-order valence-electron chi connectivity index (χ3n) is 3.00. The summed E-state index contributed by atoms with van der Waals surface area (Å²) in [6.07, 6.45) is 8.07. The van der Waals surface area contributed by atoms with E-state index in [0.29, 0.717) is 0 Å². The molecule has 17 heavy (non-hydrogen) atoms. The summed E-state index contributed by atoms with van der Waals surface area (Å²) in [5.74, 6) is 0. The maximum absolute atomic E-state index is 2.69. The van der Waals surface area contributed by atoms with Crippen molar-refractivity contribution in [2.45, 2.75) is 34.1 Å². The Hall–Kier alpha value is 0.274. The van der Waals surface area contributed by atoms with Gasteiger partial charge in [-0.3, -0.25) is 0 Å². The van der Waals surface area contributed by atoms with Crippen molar-refractivity contribution in [2.75, 3.05) is 26.2 Å². The van der Waals surface area contributed by atoms with E-state index in [2.05, 4.69) is 53.4 Å². The predicted molar refractivity (Wildman–Crippen MR) is 74.9 cm³/mol. The van der Waals surface area contributed by atoms with Crippen molar-refractivity contribution < 1.29 is 15.6 Å². The van der Waals surface area contributed by atoms with Crippen molar-refractivity contribution in [2.24, 2.45) is 0 Å². The van der Waals surface area contributed by atoms with Crippen LogP contribution in [0.4, 0.5) is 0 Å². The number of rotatable bonds is 7. The second-order valence-electron chi connectivity index (χ2n) is 3.86. The van der Waals surface area contributed by atoms with Crippen LogP contribution in [0.15, 0.2) is 22.5 Å². The zero-order valence-electron chi connectivity index (χ0n) is 11.5. The van der Waals surface area contributed by atoms with Gasteiger partial charge in [0.05, 0.1) is 0 Å². The minimum Gasteiger partial charge on any atom is -0.147 e. The number of hydrogen-bond acceptors (Lipinski definition) is 2. The molecule has 0 aromatic rings. The molecule has 0 saturated heterocycles. The van der Waals surface area contributed by atoms with Gasteiger partial charge in [0.25, 0.3) is 0 Å². The van der Waals surface area contributed by atoms with E-state index < -0.39 is 15.6 Å². The van der Waals surface area contributed by atoms with Crippen molar-refractivity contribution in [1.29, 1.82) is 0 Å². The van der Waals surface area contributed by atoms with E-state index >= 15 is 0 Å². The Labute approximate surface area is 118 Å². The average molecular weight is 297 g/mol. The molecule has 0 heterocycles. The van der Waals surface area contributed by atoms with E-state index in [1.165, 1.54) is 32.6 Å². The second-order valence-corrected chi connectivity index (χ2v) is 7.43. The third kappa shape index (κ3) is 4.46. The molecule has 0 spiro atoms. The van der Waals surface area contributed by atoms with Gasteiger partial charge >= 0.3 is 106 Å². The maximum atomic E-state index is 2.69. The first-order chi connectivity index (χ1) is 7.78. The molecular formula is C13H26ClN2V. The van der Waals surface area contributed by atoms with Crippen LogP contribution in [-0.2, 0) is 15.6 Å². The monoisotopic (exact) mass is 296 g/mol. The van der Waals surface area contributed by atoms with E-state index in [9.17, 15) is 0 Å². The number of nitrogens with zero attached hydrogens (tertiary/aromatic N) is 2. The average Bonchev–Trinajstić information content (AvgIpc) is 2.83. The molecule has 0 atom stereocenters. The molecule has 0 bridgehead atoms. The van der Waals surface area contributed by atoms with Gasteiger partial charge in [-0.15, -0.1) is 12.4 Å². The fourth-order valence-corrected chi connectivity index (χ4v) is 6.24. The molecule has 100 valence electrons. The first-order valence-electron chi connectivity index (χ1n) is 6.43. The zero-order chi connectivity index (χ0) is 12.0. The normalized spacial score (nSPS) is 14.6. The maximum Gasteiger partial charge on any atom is -0.147 e. The van der Waals surface area contributed by atoms with Crippen molar-refractivity contribution in [3.8, 4) is 0 Å². The van der Waals surface area contributed by atoms with Crippen LogP contribution in [-0.4, -0.2) is 33.7 Å². The van der Waals surface area contributed by atoms with Crippen LogP contribution in [0, 0.1) is 0 Å². The van der Waals surface area contributed by atoms with Crippen LogP contribution in [0.2, 0.25) is 0 Å². The van der Waals surface area contributed by atoms with Gasteiger partial charge in [0.15, 0.2) is 0 Å². The van der Waals surface area contributed by atoms with E-state index in [1.54, 1.807) is 4.28 Å². The van der Waals surface area contributed by atoms with Gasteiger partial charge < -0.3 is 0 Å². The summed E-state index contributed by atoms with van der Waals surface area (Å²) in [7, 11) is 0. The van der Waals surface area contributed by atoms with Gasteiger partial charge in [-0.1, -0.05) is 0 Å². The van der Waals surface area contributed by atoms with Gasteiger partial charge in [0.2, 0.25) is 0 Å². The van der Waals surface area contributed by atoms with E-state index in [-0.39, 0.29) is 12.4 Å². The van der Waals surface area contributed by atoms with Gasteiger partial charge in [-0.2, -0.15) is 0 Å². The Morgan fingerprint density at radius 3 is 1.76 bits per heavy atom. The molecule has 0 N–H and O–H groups in total. The smallest absolute Gasteiger partial charge is 0.147 e. The summed E-state index contributed by atoms with van der Waals surface area (Å²) in [6, 6.07) is 0. The van der Waals surface area contributed by atoms with Crippen molar-refractivity contribution in [3.05, 3.63) is 22.5 Å². The second kappa shape index (κ2) is 9.24. The molecule has 1 aliphatic carbocycles. The quantitative estimate of drug-likeness (QED) is 0.710. The summed E-state index contributed by atoms with van der Waals surface area (Å²) >= 11 is -1.13. The summed E-state index contributed by atoms with van der Waals surface area (Å²) in [6.45, 7) is 13.9. The molecule has 0 unspecified atom stereocenters. The minimum atomic E-state index is -1.13. The first-order valence-corrected chi connectivity index (χ1v) is 8.38. The third-order valence-corrected chi connectivity index (χ3v) is 7.76. The number of halogens is 1. The van der Waals surface area contributed by atoms with Crippen molar-refractivity contribution in [3.63, 3.8) is 0 Å². The van der Waals surface area contributed by atoms with Gasteiger partial charge in [-0.05, 0) is 0 Å². The van der Waals surface area contributed by atoms with E-state index in [0.717, 1.165) is 0 Å². The van der Waals surface area contributed by atoms with Crippen LogP contribution in [0.5, 0.6) is 0 Å². The Balaban J connectivity index is 0.00000256. The standard InChI is InChI=1S/C5H5.2C4H10N.ClH.V/c1-2-4-5-3-1;2*1-3-5-4-2;;/h1-3H,4H2;2*3-4H2,1-2H3;1H;/q;2*-1;;+2. The SMILES string of the molecule is CC[N](CC)[V]([C]1=CC=CC1)[N](CC)CC.Cl. The topological polar surface area (TPSA) is 6.48 Å². The number of hydrogen-bond donors (Lipinski definition) is 0. The molecule has 0 fully saturated rings. The van der Waals surface area contributed by atoms with Crippen LogP contribution >= 0.6 is 12.4 Å². The van der Waals surface area contributed by atoms with E-state index in [4.69, 9.17) is 0 Å². The summed E-state index contributed by atoms with van der Waals surface area (Å²) < 4.78 is 7.08. The molecule has 1 rings (SSSR count). The van der Waals surface area contributed by atoms with Crippen LogP contribution in [0.25, 0.3) is 0 Å². The molecule has 2 nitrogen and oxygen atoms in total. The summed E-state index contributed by atoms with van der Waals surface area (Å²) in [5, 5.41) is 0. The molecule has 0 aromatic heterocycles. The van der Waals surface area contributed by atoms with Gasteiger partial charge in [0.1, 0.15) is 0 Å². The van der Waals surface area contributed by atoms with Crippen molar-refractivity contribution in [1.82, 2.24) is 7.50 Å². The number of allylic oxidation sites excluding steroid dienone is 4. The fourth-order valence-electron chi connectivity index (χ4n) is 2.11. The van der Waals surface area contributed by atoms with Crippen LogP contribution in [0.1, 0.15) is 34.1 Å². The molecule has 0 radical (unpaired) electrons.